The van der Waals surface area contributed by atoms with Crippen LogP contribution >= 0.6 is 0 Å². The molecule has 3 amide bonds. The van der Waals surface area contributed by atoms with Crippen LogP contribution in [0.3, 0.4) is 0 Å². The molecule has 1 saturated heterocycles. The molecule has 172 valence electrons. The van der Waals surface area contributed by atoms with Crippen molar-refractivity contribution in [3.63, 3.8) is 0 Å². The van der Waals surface area contributed by atoms with E-state index in [2.05, 4.69) is 26.6 Å². The highest BCUT2D eigenvalue weighted by Gasteiger charge is 2.21. The smallest absolute Gasteiger partial charge is 0.319 e. The molecule has 0 bridgehead atoms. The topological polar surface area (TPSA) is 77.6 Å². The first-order valence-corrected chi connectivity index (χ1v) is 11.4. The molecule has 1 fully saturated rings. The van der Waals surface area contributed by atoms with Gasteiger partial charge in [-0.15, -0.1) is 0 Å². The Bertz CT molecular complexity index is 1140. The molecule has 33 heavy (non-hydrogen) atoms. The number of hydrogen-bond acceptors (Lipinski definition) is 4. The first-order chi connectivity index (χ1) is 16.0. The Labute approximate surface area is 194 Å². The average Bonchev–Trinajstić information content (AvgIpc) is 2.79. The summed E-state index contributed by atoms with van der Waals surface area (Å²) in [6.45, 7) is 8.34. The van der Waals surface area contributed by atoms with E-state index in [1.165, 1.54) is 5.56 Å². The molecule has 0 spiro atoms. The first-order valence-electron chi connectivity index (χ1n) is 11.4. The van der Waals surface area contributed by atoms with Crippen molar-refractivity contribution in [1.82, 2.24) is 20.1 Å². The lowest BCUT2D eigenvalue weighted by Crippen LogP contribution is -2.50. The summed E-state index contributed by atoms with van der Waals surface area (Å²) in [5.74, 6) is 0.178. The SMILES string of the molecule is Cc1cccc(CC(=O)N2CCN(CCNC(=O)Nc3cc(C)nc4ccccc34)CC2)c1. The van der Waals surface area contributed by atoms with Crippen LogP contribution in [0.15, 0.2) is 54.6 Å². The summed E-state index contributed by atoms with van der Waals surface area (Å²) in [4.78, 5) is 33.8. The fourth-order valence-corrected chi connectivity index (χ4v) is 4.23. The highest BCUT2D eigenvalue weighted by Crippen LogP contribution is 2.22. The van der Waals surface area contributed by atoms with E-state index in [0.717, 1.165) is 60.6 Å². The number of urea groups is 1. The molecule has 0 atom stereocenters. The van der Waals surface area contributed by atoms with E-state index in [1.54, 1.807) is 0 Å². The number of anilines is 1. The maximum absolute atomic E-state index is 12.6. The molecular weight excluding hydrogens is 414 g/mol. The van der Waals surface area contributed by atoms with Gasteiger partial charge in [-0.3, -0.25) is 14.7 Å². The molecule has 1 aliphatic rings. The van der Waals surface area contributed by atoms with Crippen LogP contribution in [0, 0.1) is 13.8 Å². The van der Waals surface area contributed by atoms with Gasteiger partial charge in [-0.1, -0.05) is 48.0 Å². The molecule has 0 aliphatic carbocycles. The molecule has 1 aromatic heterocycles. The third-order valence-corrected chi connectivity index (χ3v) is 5.97. The third kappa shape index (κ3) is 6.08. The standard InChI is InChI=1S/C26H31N5O2/c1-19-6-5-7-21(16-19)18-25(32)31-14-12-30(13-15-31)11-10-27-26(33)29-24-17-20(2)28-23-9-4-3-8-22(23)24/h3-9,16-17H,10-15,18H2,1-2H3,(H2,27,28,29,33). The van der Waals surface area contributed by atoms with Gasteiger partial charge in [0.15, 0.2) is 0 Å². The van der Waals surface area contributed by atoms with Crippen LogP contribution in [0.5, 0.6) is 0 Å². The number of amides is 3. The van der Waals surface area contributed by atoms with Crippen molar-refractivity contribution in [2.45, 2.75) is 20.3 Å². The molecule has 0 radical (unpaired) electrons. The van der Waals surface area contributed by atoms with Gasteiger partial charge < -0.3 is 15.5 Å². The van der Waals surface area contributed by atoms with Crippen LogP contribution in [-0.4, -0.2) is 66.0 Å². The van der Waals surface area contributed by atoms with Crippen LogP contribution in [0.4, 0.5) is 10.5 Å². The normalized spacial score (nSPS) is 14.3. The van der Waals surface area contributed by atoms with Crippen molar-refractivity contribution in [2.24, 2.45) is 0 Å². The van der Waals surface area contributed by atoms with Gasteiger partial charge in [0.1, 0.15) is 0 Å². The van der Waals surface area contributed by atoms with E-state index in [-0.39, 0.29) is 11.9 Å². The molecule has 7 heteroatoms. The van der Waals surface area contributed by atoms with Gasteiger partial charge in [-0.25, -0.2) is 4.79 Å². The Hall–Kier alpha value is -3.45. The molecule has 7 nitrogen and oxygen atoms in total. The van der Waals surface area contributed by atoms with Gasteiger partial charge in [0.25, 0.3) is 0 Å². The number of aryl methyl sites for hydroxylation is 2. The van der Waals surface area contributed by atoms with Gasteiger partial charge >= 0.3 is 6.03 Å². The molecule has 4 rings (SSSR count). The minimum atomic E-state index is -0.224. The minimum Gasteiger partial charge on any atom is -0.340 e. The fraction of sp³-hybridized carbons (Fsp3) is 0.346. The third-order valence-electron chi connectivity index (χ3n) is 5.97. The van der Waals surface area contributed by atoms with Gasteiger partial charge in [0, 0.05) is 50.3 Å². The number of carbonyl (C=O) groups excluding carboxylic acids is 2. The van der Waals surface area contributed by atoms with Crippen LogP contribution in [0.2, 0.25) is 0 Å². The molecule has 2 aromatic carbocycles. The fourth-order valence-electron chi connectivity index (χ4n) is 4.23. The number of carbonyl (C=O) groups is 2. The highest BCUT2D eigenvalue weighted by molar-refractivity contribution is 6.00. The number of nitrogens with zero attached hydrogens (tertiary/aromatic N) is 3. The largest absolute Gasteiger partial charge is 0.340 e. The number of aromatic nitrogens is 1. The molecular formula is C26H31N5O2. The number of rotatable bonds is 6. The van der Waals surface area contributed by atoms with Crippen LogP contribution in [0.1, 0.15) is 16.8 Å². The zero-order valence-electron chi connectivity index (χ0n) is 19.3. The zero-order chi connectivity index (χ0) is 23.2. The number of pyridine rings is 1. The molecule has 3 aromatic rings. The Morgan fingerprint density at radius 1 is 0.970 bits per heavy atom. The van der Waals surface area contributed by atoms with Gasteiger partial charge in [-0.2, -0.15) is 0 Å². The summed E-state index contributed by atoms with van der Waals surface area (Å²) in [6, 6.07) is 17.6. The van der Waals surface area contributed by atoms with Crippen molar-refractivity contribution >= 4 is 28.5 Å². The Morgan fingerprint density at radius 2 is 1.76 bits per heavy atom. The lowest BCUT2D eigenvalue weighted by atomic mass is 10.1. The molecule has 1 aliphatic heterocycles. The maximum Gasteiger partial charge on any atom is 0.319 e. The molecule has 2 heterocycles. The van der Waals surface area contributed by atoms with Gasteiger partial charge in [0.2, 0.25) is 5.91 Å². The zero-order valence-corrected chi connectivity index (χ0v) is 19.3. The Morgan fingerprint density at radius 3 is 2.55 bits per heavy atom. The number of nitrogens with one attached hydrogen (secondary N) is 2. The second-order valence-corrected chi connectivity index (χ2v) is 8.60. The second kappa shape index (κ2) is 10.4. The Kier molecular flexibility index (Phi) is 7.19. The van der Waals surface area contributed by atoms with Crippen LogP contribution in [-0.2, 0) is 11.2 Å². The molecule has 0 saturated carbocycles. The van der Waals surface area contributed by atoms with Crippen LogP contribution < -0.4 is 10.6 Å². The minimum absolute atomic E-state index is 0.178. The van der Waals surface area contributed by atoms with Crippen LogP contribution in [0.25, 0.3) is 10.9 Å². The number of piperazine rings is 1. The van der Waals surface area contributed by atoms with E-state index in [9.17, 15) is 9.59 Å². The quantitative estimate of drug-likeness (QED) is 0.610. The summed E-state index contributed by atoms with van der Waals surface area (Å²) in [5, 5.41) is 6.81. The summed E-state index contributed by atoms with van der Waals surface area (Å²) >= 11 is 0. The predicted molar refractivity (Wildman–Crippen MR) is 131 cm³/mol. The van der Waals surface area contributed by atoms with Gasteiger partial charge in [-0.05, 0) is 31.5 Å². The number of fused-ring (bicyclic) bond motifs is 1. The Balaban J connectivity index is 1.20. The van der Waals surface area contributed by atoms with E-state index < -0.39 is 0 Å². The van der Waals surface area contributed by atoms with Gasteiger partial charge in [0.05, 0.1) is 17.6 Å². The second-order valence-electron chi connectivity index (χ2n) is 8.60. The lowest BCUT2D eigenvalue weighted by Gasteiger charge is -2.34. The van der Waals surface area contributed by atoms with Crippen molar-refractivity contribution in [1.29, 1.82) is 0 Å². The summed E-state index contributed by atoms with van der Waals surface area (Å²) in [7, 11) is 0. The summed E-state index contributed by atoms with van der Waals surface area (Å²) in [6.07, 6.45) is 0.451. The monoisotopic (exact) mass is 445 g/mol. The molecule has 2 N–H and O–H groups in total. The first kappa shape index (κ1) is 22.7. The number of para-hydroxylation sites is 1. The van der Waals surface area contributed by atoms with E-state index in [1.807, 2.05) is 67.3 Å². The average molecular weight is 446 g/mol. The van der Waals surface area contributed by atoms with Crippen molar-refractivity contribution in [3.8, 4) is 0 Å². The van der Waals surface area contributed by atoms with E-state index in [4.69, 9.17) is 0 Å². The van der Waals surface area contributed by atoms with E-state index in [0.29, 0.717) is 13.0 Å². The van der Waals surface area contributed by atoms with Crippen molar-refractivity contribution in [2.75, 3.05) is 44.6 Å². The van der Waals surface area contributed by atoms with Crippen molar-refractivity contribution in [3.05, 3.63) is 71.4 Å². The molecule has 0 unspecified atom stereocenters. The maximum atomic E-state index is 12.6. The summed E-state index contributed by atoms with van der Waals surface area (Å²) < 4.78 is 0. The van der Waals surface area contributed by atoms with E-state index >= 15 is 0 Å². The number of benzene rings is 2. The predicted octanol–water partition coefficient (Wildman–Crippen LogP) is 3.36. The highest BCUT2D eigenvalue weighted by atomic mass is 16.2. The lowest BCUT2D eigenvalue weighted by molar-refractivity contribution is -0.132. The van der Waals surface area contributed by atoms with Crippen molar-refractivity contribution < 1.29 is 9.59 Å². The number of hydrogen-bond donors (Lipinski definition) is 2. The summed E-state index contributed by atoms with van der Waals surface area (Å²) in [5.41, 5.74) is 4.72.